The lowest BCUT2D eigenvalue weighted by molar-refractivity contribution is -0.135. The van der Waals surface area contributed by atoms with Crippen molar-refractivity contribution in [2.75, 3.05) is 32.5 Å². The van der Waals surface area contributed by atoms with Gasteiger partial charge in [-0.1, -0.05) is 18.2 Å². The van der Waals surface area contributed by atoms with E-state index in [1.165, 1.54) is 5.69 Å². The molecule has 0 spiro atoms. The number of aryl methyl sites for hydroxylation is 2. The summed E-state index contributed by atoms with van der Waals surface area (Å²) in [5.41, 5.74) is 2.59. The first-order chi connectivity index (χ1) is 12.4. The summed E-state index contributed by atoms with van der Waals surface area (Å²) in [5, 5.41) is 8.00. The van der Waals surface area contributed by atoms with Crippen LogP contribution in [-0.2, 0) is 18.4 Å². The Morgan fingerprint density at radius 3 is 2.65 bits per heavy atom. The number of carbonyl (C=O) groups excluding carboxylic acids is 1. The van der Waals surface area contributed by atoms with Crippen LogP contribution in [0.2, 0.25) is 0 Å². The maximum absolute atomic E-state index is 13.1. The number of aromatic nitrogens is 2. The molecule has 140 valence electrons. The van der Waals surface area contributed by atoms with Crippen LogP contribution >= 0.6 is 0 Å². The fraction of sp³-hybridized carbons (Fsp3) is 0.500. The Kier molecular flexibility index (Phi) is 5.32. The van der Waals surface area contributed by atoms with E-state index in [-0.39, 0.29) is 5.91 Å². The zero-order valence-electron chi connectivity index (χ0n) is 16.2. The largest absolute Gasteiger partial charge is 0.370 e. The molecule has 6 heteroatoms. The summed E-state index contributed by atoms with van der Waals surface area (Å²) >= 11 is 0. The first kappa shape index (κ1) is 18.5. The zero-order valence-corrected chi connectivity index (χ0v) is 16.2. The van der Waals surface area contributed by atoms with E-state index >= 15 is 0 Å². The zero-order chi connectivity index (χ0) is 18.7. The van der Waals surface area contributed by atoms with E-state index in [0.29, 0.717) is 6.54 Å². The van der Waals surface area contributed by atoms with Crippen LogP contribution in [0.5, 0.6) is 0 Å². The average Bonchev–Trinajstić information content (AvgIpc) is 2.92. The van der Waals surface area contributed by atoms with Crippen molar-refractivity contribution in [3.8, 4) is 0 Å². The van der Waals surface area contributed by atoms with Crippen molar-refractivity contribution in [3.63, 3.8) is 0 Å². The Morgan fingerprint density at radius 2 is 2.04 bits per heavy atom. The van der Waals surface area contributed by atoms with Gasteiger partial charge in [0, 0.05) is 39.9 Å². The molecule has 6 nitrogen and oxygen atoms in total. The molecule has 1 aromatic heterocycles. The van der Waals surface area contributed by atoms with Gasteiger partial charge in [0.1, 0.15) is 5.54 Å². The van der Waals surface area contributed by atoms with Crippen LogP contribution in [-0.4, -0.2) is 58.2 Å². The molecule has 1 aromatic carbocycles. The smallest absolute Gasteiger partial charge is 0.249 e. The SMILES string of the molecule is Cc1cc(CN2CCCC(Nc3ccccc3)(C(=O)N(C)C)C2)n(C)n1. The minimum atomic E-state index is -0.600. The van der Waals surface area contributed by atoms with Gasteiger partial charge < -0.3 is 10.2 Å². The lowest BCUT2D eigenvalue weighted by Gasteiger charge is -2.44. The van der Waals surface area contributed by atoms with Gasteiger partial charge in [-0.05, 0) is 44.5 Å². The molecule has 2 aromatic rings. The number of para-hydroxylation sites is 1. The Hall–Kier alpha value is -2.34. The highest BCUT2D eigenvalue weighted by Gasteiger charge is 2.43. The molecule has 0 radical (unpaired) electrons. The molecule has 26 heavy (non-hydrogen) atoms. The Bertz CT molecular complexity index is 755. The fourth-order valence-electron chi connectivity index (χ4n) is 3.88. The topological polar surface area (TPSA) is 53.4 Å². The third kappa shape index (κ3) is 3.90. The monoisotopic (exact) mass is 355 g/mol. The molecule has 0 aliphatic carbocycles. The van der Waals surface area contributed by atoms with Crippen molar-refractivity contribution in [2.24, 2.45) is 7.05 Å². The van der Waals surface area contributed by atoms with Crippen molar-refractivity contribution in [3.05, 3.63) is 47.8 Å². The lowest BCUT2D eigenvalue weighted by atomic mass is 9.87. The molecule has 1 saturated heterocycles. The lowest BCUT2D eigenvalue weighted by Crippen LogP contribution is -2.61. The summed E-state index contributed by atoms with van der Waals surface area (Å²) in [6.45, 7) is 4.49. The van der Waals surface area contributed by atoms with Gasteiger partial charge in [0.2, 0.25) is 5.91 Å². The minimum Gasteiger partial charge on any atom is -0.370 e. The van der Waals surface area contributed by atoms with E-state index < -0.39 is 5.54 Å². The van der Waals surface area contributed by atoms with Crippen LogP contribution in [0.4, 0.5) is 5.69 Å². The van der Waals surface area contributed by atoms with Crippen LogP contribution in [0, 0.1) is 6.92 Å². The molecule has 3 rings (SSSR count). The number of piperidine rings is 1. The second-order valence-corrected chi connectivity index (χ2v) is 7.49. The number of rotatable bonds is 5. The summed E-state index contributed by atoms with van der Waals surface area (Å²) in [4.78, 5) is 17.2. The first-order valence-corrected chi connectivity index (χ1v) is 9.16. The molecule has 2 heterocycles. The highest BCUT2D eigenvalue weighted by Crippen LogP contribution is 2.28. The van der Waals surface area contributed by atoms with Gasteiger partial charge in [-0.25, -0.2) is 0 Å². The van der Waals surface area contributed by atoms with Crippen LogP contribution in [0.3, 0.4) is 0 Å². The number of likely N-dealkylation sites (tertiary alicyclic amines) is 1. The Labute approximate surface area is 155 Å². The first-order valence-electron chi connectivity index (χ1n) is 9.16. The molecule has 1 unspecified atom stereocenters. The third-order valence-corrected chi connectivity index (χ3v) is 5.03. The number of benzene rings is 1. The number of carbonyl (C=O) groups is 1. The van der Waals surface area contributed by atoms with E-state index in [4.69, 9.17) is 0 Å². The average molecular weight is 355 g/mol. The van der Waals surface area contributed by atoms with Crippen molar-refractivity contribution >= 4 is 11.6 Å². The predicted molar refractivity (Wildman–Crippen MR) is 104 cm³/mol. The molecule has 1 N–H and O–H groups in total. The molecule has 1 amide bonds. The third-order valence-electron chi connectivity index (χ3n) is 5.03. The minimum absolute atomic E-state index is 0.132. The summed E-state index contributed by atoms with van der Waals surface area (Å²) in [5.74, 6) is 0.132. The van der Waals surface area contributed by atoms with E-state index in [1.807, 2.05) is 63.1 Å². The molecular formula is C20H29N5O. The van der Waals surface area contributed by atoms with Gasteiger partial charge in [0.25, 0.3) is 0 Å². The summed E-state index contributed by atoms with van der Waals surface area (Å²) in [6, 6.07) is 12.1. The normalized spacial score (nSPS) is 20.8. The molecule has 1 aliphatic rings. The fourth-order valence-corrected chi connectivity index (χ4v) is 3.88. The number of hydrogen-bond donors (Lipinski definition) is 1. The quantitative estimate of drug-likeness (QED) is 0.894. The number of amides is 1. The summed E-state index contributed by atoms with van der Waals surface area (Å²) in [7, 11) is 5.65. The molecule has 1 fully saturated rings. The number of nitrogens with zero attached hydrogens (tertiary/aromatic N) is 4. The maximum atomic E-state index is 13.1. The number of anilines is 1. The van der Waals surface area contributed by atoms with E-state index in [0.717, 1.165) is 37.3 Å². The van der Waals surface area contributed by atoms with Crippen LogP contribution in [0.15, 0.2) is 36.4 Å². The number of nitrogens with one attached hydrogen (secondary N) is 1. The molecular weight excluding hydrogens is 326 g/mol. The number of hydrogen-bond acceptors (Lipinski definition) is 4. The second-order valence-electron chi connectivity index (χ2n) is 7.49. The standard InChI is InChI=1S/C20H29N5O/c1-16-13-18(24(4)22-16)14-25-12-8-11-20(15-25,19(26)23(2)3)21-17-9-6-5-7-10-17/h5-7,9-10,13,21H,8,11-12,14-15H2,1-4H3. The van der Waals surface area contributed by atoms with Gasteiger partial charge in [-0.3, -0.25) is 14.4 Å². The van der Waals surface area contributed by atoms with Crippen molar-refractivity contribution in [2.45, 2.75) is 31.8 Å². The van der Waals surface area contributed by atoms with Crippen LogP contribution < -0.4 is 5.32 Å². The molecule has 0 saturated carbocycles. The Balaban J connectivity index is 1.83. The van der Waals surface area contributed by atoms with Crippen LogP contribution in [0.1, 0.15) is 24.2 Å². The summed E-state index contributed by atoms with van der Waals surface area (Å²) < 4.78 is 1.93. The van der Waals surface area contributed by atoms with Gasteiger partial charge in [-0.15, -0.1) is 0 Å². The Morgan fingerprint density at radius 1 is 1.31 bits per heavy atom. The second kappa shape index (κ2) is 7.50. The molecule has 1 atom stereocenters. The van der Waals surface area contributed by atoms with Gasteiger partial charge >= 0.3 is 0 Å². The van der Waals surface area contributed by atoms with Crippen molar-refractivity contribution in [1.82, 2.24) is 19.6 Å². The highest BCUT2D eigenvalue weighted by atomic mass is 16.2. The van der Waals surface area contributed by atoms with Gasteiger partial charge in [-0.2, -0.15) is 5.10 Å². The van der Waals surface area contributed by atoms with E-state index in [9.17, 15) is 4.79 Å². The highest BCUT2D eigenvalue weighted by molar-refractivity contribution is 5.89. The molecule has 0 bridgehead atoms. The number of likely N-dealkylation sites (N-methyl/N-ethyl adjacent to an activating group) is 1. The van der Waals surface area contributed by atoms with E-state index in [2.05, 4.69) is 21.4 Å². The van der Waals surface area contributed by atoms with Crippen molar-refractivity contribution in [1.29, 1.82) is 0 Å². The van der Waals surface area contributed by atoms with Gasteiger partial charge in [0.05, 0.1) is 11.4 Å². The van der Waals surface area contributed by atoms with Crippen molar-refractivity contribution < 1.29 is 4.79 Å². The predicted octanol–water partition coefficient (Wildman–Crippen LogP) is 2.26. The van der Waals surface area contributed by atoms with Crippen LogP contribution in [0.25, 0.3) is 0 Å². The maximum Gasteiger partial charge on any atom is 0.249 e. The van der Waals surface area contributed by atoms with E-state index in [1.54, 1.807) is 4.90 Å². The van der Waals surface area contributed by atoms with Gasteiger partial charge in [0.15, 0.2) is 0 Å². The summed E-state index contributed by atoms with van der Waals surface area (Å²) in [6.07, 6.45) is 1.82. The molecule has 1 aliphatic heterocycles.